The van der Waals surface area contributed by atoms with Crippen molar-refractivity contribution < 1.29 is 4.74 Å². The van der Waals surface area contributed by atoms with E-state index in [9.17, 15) is 0 Å². The maximum Gasteiger partial charge on any atom is 0.170 e. The van der Waals surface area contributed by atoms with E-state index in [1.54, 1.807) is 0 Å². The van der Waals surface area contributed by atoms with Crippen molar-refractivity contribution >= 4 is 23.0 Å². The van der Waals surface area contributed by atoms with Gasteiger partial charge in [-0.05, 0) is 49.3 Å². The van der Waals surface area contributed by atoms with E-state index in [-0.39, 0.29) is 0 Å². The van der Waals surface area contributed by atoms with E-state index < -0.39 is 0 Å². The molecule has 2 N–H and O–H groups in total. The fraction of sp³-hybridized carbons (Fsp3) is 0.188. The van der Waals surface area contributed by atoms with Gasteiger partial charge in [0.2, 0.25) is 0 Å². The van der Waals surface area contributed by atoms with Crippen LogP contribution in [-0.2, 0) is 0 Å². The Balaban J connectivity index is 1.64. The second kappa shape index (κ2) is 5.92. The molecular weight excluding hydrogens is 268 g/mol. The first-order valence-corrected chi connectivity index (χ1v) is 7.11. The highest BCUT2D eigenvalue weighted by atomic mass is 32.1. The lowest BCUT2D eigenvalue weighted by Gasteiger charge is -2.11. The lowest BCUT2D eigenvalue weighted by molar-refractivity contribution is 0.483. The number of para-hydroxylation sites is 1. The minimum absolute atomic E-state index is 0.554. The largest absolute Gasteiger partial charge is 0.457 e. The fourth-order valence-electron chi connectivity index (χ4n) is 1.84. The zero-order valence-electron chi connectivity index (χ0n) is 11.0. The molecular formula is C16H16N2OS. The van der Waals surface area contributed by atoms with Gasteiger partial charge in [-0.15, -0.1) is 0 Å². The lowest BCUT2D eigenvalue weighted by Crippen LogP contribution is -2.30. The summed E-state index contributed by atoms with van der Waals surface area (Å²) >= 11 is 5.26. The molecule has 0 saturated heterocycles. The SMILES string of the molecule is S=C(Nc1cccc(Oc2ccccc2)c1)NC1CC1. The molecule has 0 aliphatic heterocycles. The molecule has 2 aromatic carbocycles. The molecule has 1 aliphatic rings. The molecule has 3 rings (SSSR count). The number of nitrogens with one attached hydrogen (secondary N) is 2. The van der Waals surface area contributed by atoms with Crippen molar-refractivity contribution in [2.75, 3.05) is 5.32 Å². The van der Waals surface area contributed by atoms with Gasteiger partial charge in [-0.1, -0.05) is 24.3 Å². The van der Waals surface area contributed by atoms with E-state index >= 15 is 0 Å². The highest BCUT2D eigenvalue weighted by Crippen LogP contribution is 2.24. The Bertz CT molecular complexity index is 596. The third-order valence-electron chi connectivity index (χ3n) is 2.98. The summed E-state index contributed by atoms with van der Waals surface area (Å²) in [5.41, 5.74) is 0.927. The monoisotopic (exact) mass is 284 g/mol. The average Bonchev–Trinajstić information content (AvgIpc) is 3.24. The van der Waals surface area contributed by atoms with Gasteiger partial charge >= 0.3 is 0 Å². The lowest BCUT2D eigenvalue weighted by atomic mass is 10.3. The third kappa shape index (κ3) is 3.71. The molecule has 4 heteroatoms. The highest BCUT2D eigenvalue weighted by Gasteiger charge is 2.21. The van der Waals surface area contributed by atoms with Crippen molar-refractivity contribution in [1.29, 1.82) is 0 Å². The molecule has 0 amide bonds. The Morgan fingerprint density at radius 3 is 2.50 bits per heavy atom. The van der Waals surface area contributed by atoms with Crippen LogP contribution in [0.15, 0.2) is 54.6 Å². The first-order chi connectivity index (χ1) is 9.79. The van der Waals surface area contributed by atoms with Crippen LogP contribution >= 0.6 is 12.2 Å². The summed E-state index contributed by atoms with van der Waals surface area (Å²) < 4.78 is 5.79. The molecule has 0 spiro atoms. The number of hydrogen-bond acceptors (Lipinski definition) is 2. The van der Waals surface area contributed by atoms with Crippen LogP contribution < -0.4 is 15.4 Å². The number of hydrogen-bond donors (Lipinski definition) is 2. The van der Waals surface area contributed by atoms with Crippen LogP contribution in [-0.4, -0.2) is 11.2 Å². The van der Waals surface area contributed by atoms with E-state index in [4.69, 9.17) is 17.0 Å². The van der Waals surface area contributed by atoms with Crippen LogP contribution in [0.25, 0.3) is 0 Å². The molecule has 0 radical (unpaired) electrons. The molecule has 1 fully saturated rings. The molecule has 3 nitrogen and oxygen atoms in total. The van der Waals surface area contributed by atoms with Crippen LogP contribution in [0, 0.1) is 0 Å². The molecule has 102 valence electrons. The summed E-state index contributed by atoms with van der Waals surface area (Å²) in [5, 5.41) is 7.10. The number of thiocarbonyl (C=S) groups is 1. The molecule has 1 saturated carbocycles. The molecule has 0 bridgehead atoms. The quantitative estimate of drug-likeness (QED) is 0.834. The summed E-state index contributed by atoms with van der Waals surface area (Å²) in [5.74, 6) is 1.61. The molecule has 0 heterocycles. The molecule has 1 aliphatic carbocycles. The van der Waals surface area contributed by atoms with E-state index in [1.807, 2.05) is 54.6 Å². The zero-order valence-corrected chi connectivity index (χ0v) is 11.8. The minimum Gasteiger partial charge on any atom is -0.457 e. The van der Waals surface area contributed by atoms with Crippen LogP contribution in [0.2, 0.25) is 0 Å². The normalized spacial score (nSPS) is 13.6. The number of rotatable bonds is 4. The van der Waals surface area contributed by atoms with E-state index in [2.05, 4.69) is 10.6 Å². The van der Waals surface area contributed by atoms with Crippen LogP contribution in [0.1, 0.15) is 12.8 Å². The number of benzene rings is 2. The van der Waals surface area contributed by atoms with Gasteiger partial charge in [0, 0.05) is 17.8 Å². The molecule has 2 aromatic rings. The van der Waals surface area contributed by atoms with Crippen molar-refractivity contribution in [3.63, 3.8) is 0 Å². The fourth-order valence-corrected chi connectivity index (χ4v) is 2.13. The Hall–Kier alpha value is -2.07. The van der Waals surface area contributed by atoms with E-state index in [0.29, 0.717) is 11.2 Å². The third-order valence-corrected chi connectivity index (χ3v) is 3.20. The highest BCUT2D eigenvalue weighted by molar-refractivity contribution is 7.80. The van der Waals surface area contributed by atoms with Gasteiger partial charge in [-0.2, -0.15) is 0 Å². The Morgan fingerprint density at radius 2 is 1.75 bits per heavy atom. The van der Waals surface area contributed by atoms with Crippen molar-refractivity contribution in [3.8, 4) is 11.5 Å². The molecule has 0 aromatic heterocycles. The van der Waals surface area contributed by atoms with Gasteiger partial charge in [0.15, 0.2) is 5.11 Å². The van der Waals surface area contributed by atoms with Crippen molar-refractivity contribution in [3.05, 3.63) is 54.6 Å². The maximum absolute atomic E-state index is 5.79. The summed E-state index contributed by atoms with van der Waals surface area (Å²) in [7, 11) is 0. The van der Waals surface area contributed by atoms with Crippen molar-refractivity contribution in [2.24, 2.45) is 0 Å². The van der Waals surface area contributed by atoms with Crippen LogP contribution in [0.4, 0.5) is 5.69 Å². The van der Waals surface area contributed by atoms with Gasteiger partial charge in [0.1, 0.15) is 11.5 Å². The summed E-state index contributed by atoms with van der Waals surface area (Å²) in [6.07, 6.45) is 2.41. The molecule has 0 atom stereocenters. The molecule has 0 unspecified atom stereocenters. The maximum atomic E-state index is 5.79. The topological polar surface area (TPSA) is 33.3 Å². The van der Waals surface area contributed by atoms with Gasteiger partial charge in [0.25, 0.3) is 0 Å². The van der Waals surface area contributed by atoms with Gasteiger partial charge in [-0.3, -0.25) is 0 Å². The van der Waals surface area contributed by atoms with Crippen molar-refractivity contribution in [2.45, 2.75) is 18.9 Å². The number of anilines is 1. The predicted octanol–water partition coefficient (Wildman–Crippen LogP) is 3.93. The summed E-state index contributed by atoms with van der Waals surface area (Å²) in [6, 6.07) is 18.1. The van der Waals surface area contributed by atoms with Gasteiger partial charge in [-0.25, -0.2) is 0 Å². The Morgan fingerprint density at radius 1 is 1.00 bits per heavy atom. The Labute approximate surface area is 124 Å². The summed E-state index contributed by atoms with van der Waals surface area (Å²) in [4.78, 5) is 0. The van der Waals surface area contributed by atoms with Crippen LogP contribution in [0.5, 0.6) is 11.5 Å². The molecule has 20 heavy (non-hydrogen) atoms. The summed E-state index contributed by atoms with van der Waals surface area (Å²) in [6.45, 7) is 0. The van der Waals surface area contributed by atoms with Crippen LogP contribution in [0.3, 0.4) is 0 Å². The van der Waals surface area contributed by atoms with Gasteiger partial charge < -0.3 is 15.4 Å². The minimum atomic E-state index is 0.554. The van der Waals surface area contributed by atoms with Crippen molar-refractivity contribution in [1.82, 2.24) is 5.32 Å². The first kappa shape index (κ1) is 12.9. The van der Waals surface area contributed by atoms with Gasteiger partial charge in [0.05, 0.1) is 0 Å². The smallest absolute Gasteiger partial charge is 0.170 e. The standard InChI is InChI=1S/C16H16N2OS/c20-16(17-12-9-10-12)18-13-5-4-8-15(11-13)19-14-6-2-1-3-7-14/h1-8,11-12H,9-10H2,(H2,17,18,20). The second-order valence-electron chi connectivity index (χ2n) is 4.82. The average molecular weight is 284 g/mol. The Kier molecular flexibility index (Phi) is 3.83. The number of ether oxygens (including phenoxy) is 1. The zero-order chi connectivity index (χ0) is 13.8. The first-order valence-electron chi connectivity index (χ1n) is 6.70. The predicted molar refractivity (Wildman–Crippen MR) is 85.3 cm³/mol. The van der Waals surface area contributed by atoms with E-state index in [1.165, 1.54) is 12.8 Å². The van der Waals surface area contributed by atoms with E-state index in [0.717, 1.165) is 17.2 Å². The second-order valence-corrected chi connectivity index (χ2v) is 5.22.